The molecule has 1 saturated heterocycles. The van der Waals surface area contributed by atoms with Crippen LogP contribution in [0, 0.1) is 5.82 Å². The average molecular weight is 345 g/mol. The Hall–Kier alpha value is -1.88. The summed E-state index contributed by atoms with van der Waals surface area (Å²) in [6.45, 7) is 4.50. The number of aliphatic imine (C=N–C) groups is 1. The van der Waals surface area contributed by atoms with Crippen LogP contribution >= 0.6 is 0 Å². The molecule has 2 atom stereocenters. The molecule has 1 aromatic rings. The molecule has 5 heteroatoms. The zero-order valence-corrected chi connectivity index (χ0v) is 15.2. The first-order valence-electron chi connectivity index (χ1n) is 9.20. The first kappa shape index (κ1) is 17.9. The molecular formula is C20H28FN3O. The summed E-state index contributed by atoms with van der Waals surface area (Å²) < 4.78 is 19.2. The molecule has 2 aliphatic rings. The van der Waals surface area contributed by atoms with Crippen LogP contribution in [0.15, 0.2) is 40.9 Å². The molecule has 1 aliphatic carbocycles. The quantitative estimate of drug-likeness (QED) is 0.514. The van der Waals surface area contributed by atoms with Crippen LogP contribution in [0.4, 0.5) is 4.39 Å². The third-order valence-corrected chi connectivity index (χ3v) is 4.88. The molecule has 0 aromatic heterocycles. The van der Waals surface area contributed by atoms with E-state index in [1.807, 2.05) is 7.05 Å². The average Bonchev–Trinajstić information content (AvgIpc) is 3.12. The minimum absolute atomic E-state index is 0.0690. The molecule has 0 saturated carbocycles. The van der Waals surface area contributed by atoms with Crippen LogP contribution in [0.5, 0.6) is 0 Å². The smallest absolute Gasteiger partial charge is 0.193 e. The Morgan fingerprint density at radius 2 is 2.12 bits per heavy atom. The van der Waals surface area contributed by atoms with Gasteiger partial charge in [0, 0.05) is 20.1 Å². The van der Waals surface area contributed by atoms with Gasteiger partial charge in [-0.25, -0.2) is 4.39 Å². The highest BCUT2D eigenvalue weighted by molar-refractivity contribution is 5.80. The molecule has 25 heavy (non-hydrogen) atoms. The number of nitrogens with zero attached hydrogens (tertiary/aromatic N) is 2. The Kier molecular flexibility index (Phi) is 6.08. The number of ether oxygens (including phenoxy) is 1. The van der Waals surface area contributed by atoms with Gasteiger partial charge in [0.25, 0.3) is 0 Å². The van der Waals surface area contributed by atoms with Gasteiger partial charge in [-0.05, 0) is 50.3 Å². The number of morpholine rings is 1. The van der Waals surface area contributed by atoms with E-state index in [-0.39, 0.29) is 18.0 Å². The van der Waals surface area contributed by atoms with E-state index in [2.05, 4.69) is 28.2 Å². The van der Waals surface area contributed by atoms with E-state index in [1.165, 1.54) is 31.4 Å². The van der Waals surface area contributed by atoms with Gasteiger partial charge in [-0.15, -0.1) is 0 Å². The largest absolute Gasteiger partial charge is 0.367 e. The van der Waals surface area contributed by atoms with Gasteiger partial charge in [-0.2, -0.15) is 0 Å². The topological polar surface area (TPSA) is 36.9 Å². The molecule has 1 N–H and O–H groups in total. The summed E-state index contributed by atoms with van der Waals surface area (Å²) in [5.41, 5.74) is 2.56. The Morgan fingerprint density at radius 1 is 1.32 bits per heavy atom. The van der Waals surface area contributed by atoms with E-state index in [0.717, 1.165) is 37.6 Å². The Bertz CT molecular complexity index is 626. The van der Waals surface area contributed by atoms with Gasteiger partial charge in [0.1, 0.15) is 11.9 Å². The van der Waals surface area contributed by atoms with Crippen LogP contribution in [0.1, 0.15) is 44.3 Å². The van der Waals surface area contributed by atoms with Gasteiger partial charge in [-0.3, -0.25) is 4.99 Å². The van der Waals surface area contributed by atoms with E-state index in [1.54, 1.807) is 17.7 Å². The number of rotatable bonds is 4. The van der Waals surface area contributed by atoms with Crippen LogP contribution in [0.3, 0.4) is 0 Å². The Morgan fingerprint density at radius 3 is 2.80 bits per heavy atom. The molecule has 1 heterocycles. The summed E-state index contributed by atoms with van der Waals surface area (Å²) in [6, 6.07) is 6.59. The van der Waals surface area contributed by atoms with Gasteiger partial charge in [0.05, 0.1) is 12.6 Å². The monoisotopic (exact) mass is 345 g/mol. The minimum Gasteiger partial charge on any atom is -0.367 e. The normalized spacial score (nSPS) is 24.4. The van der Waals surface area contributed by atoms with Crippen molar-refractivity contribution in [2.45, 2.75) is 44.8 Å². The van der Waals surface area contributed by atoms with Crippen molar-refractivity contribution in [1.29, 1.82) is 0 Å². The number of guanidine groups is 1. The maximum atomic E-state index is 13.2. The molecular weight excluding hydrogens is 317 g/mol. The summed E-state index contributed by atoms with van der Waals surface area (Å²) in [5, 5.41) is 3.49. The second-order valence-electron chi connectivity index (χ2n) is 6.87. The molecule has 1 aliphatic heterocycles. The lowest BCUT2D eigenvalue weighted by atomic mass is 10.1. The first-order valence-corrected chi connectivity index (χ1v) is 9.20. The highest BCUT2D eigenvalue weighted by Gasteiger charge is 2.28. The molecule has 2 unspecified atom stereocenters. The van der Waals surface area contributed by atoms with Crippen molar-refractivity contribution >= 4 is 5.96 Å². The third-order valence-electron chi connectivity index (χ3n) is 4.88. The summed E-state index contributed by atoms with van der Waals surface area (Å²) in [4.78, 5) is 6.69. The van der Waals surface area contributed by atoms with Gasteiger partial charge in [0.15, 0.2) is 5.96 Å². The standard InChI is InChI=1S/C20H28FN3O/c1-15-13-24(14-19(25-15)17-7-9-18(21)10-8-17)20(22-2)23-12-11-16-5-3-4-6-16/h5,7-10,15,19H,3-4,6,11-14H2,1-2H3,(H,22,23). The predicted octanol–water partition coefficient (Wildman–Crippen LogP) is 3.66. The summed E-state index contributed by atoms with van der Waals surface area (Å²) >= 11 is 0. The van der Waals surface area contributed by atoms with Crippen molar-refractivity contribution in [3.05, 3.63) is 47.3 Å². The maximum absolute atomic E-state index is 13.2. The van der Waals surface area contributed by atoms with Crippen molar-refractivity contribution in [3.8, 4) is 0 Å². The second kappa shape index (κ2) is 8.48. The van der Waals surface area contributed by atoms with E-state index >= 15 is 0 Å². The molecule has 1 aromatic carbocycles. The van der Waals surface area contributed by atoms with E-state index in [4.69, 9.17) is 4.74 Å². The molecule has 136 valence electrons. The predicted molar refractivity (Wildman–Crippen MR) is 99.2 cm³/mol. The lowest BCUT2D eigenvalue weighted by Crippen LogP contribution is -2.50. The number of benzene rings is 1. The highest BCUT2D eigenvalue weighted by Crippen LogP contribution is 2.25. The number of allylic oxidation sites excluding steroid dienone is 1. The molecule has 1 fully saturated rings. The lowest BCUT2D eigenvalue weighted by Gasteiger charge is -2.38. The minimum atomic E-state index is -0.219. The number of halogens is 1. The fraction of sp³-hybridized carbons (Fsp3) is 0.550. The van der Waals surface area contributed by atoms with E-state index in [0.29, 0.717) is 0 Å². The van der Waals surface area contributed by atoms with Gasteiger partial charge < -0.3 is 15.0 Å². The number of hydrogen-bond acceptors (Lipinski definition) is 2. The van der Waals surface area contributed by atoms with Gasteiger partial charge >= 0.3 is 0 Å². The molecule has 4 nitrogen and oxygen atoms in total. The van der Waals surface area contributed by atoms with Crippen LogP contribution in [0.2, 0.25) is 0 Å². The van der Waals surface area contributed by atoms with Crippen LogP contribution in [-0.2, 0) is 4.74 Å². The third kappa shape index (κ3) is 4.82. The zero-order chi connectivity index (χ0) is 17.6. The van der Waals surface area contributed by atoms with Crippen molar-refractivity contribution in [3.63, 3.8) is 0 Å². The Labute approximate surface area is 149 Å². The fourth-order valence-electron chi connectivity index (χ4n) is 3.62. The van der Waals surface area contributed by atoms with Crippen LogP contribution < -0.4 is 5.32 Å². The van der Waals surface area contributed by atoms with Crippen molar-refractivity contribution in [2.75, 3.05) is 26.7 Å². The van der Waals surface area contributed by atoms with E-state index < -0.39 is 0 Å². The first-order chi connectivity index (χ1) is 12.2. The van der Waals surface area contributed by atoms with Crippen molar-refractivity contribution in [2.24, 2.45) is 4.99 Å². The van der Waals surface area contributed by atoms with Crippen LogP contribution in [0.25, 0.3) is 0 Å². The molecule has 3 rings (SSSR count). The van der Waals surface area contributed by atoms with Crippen molar-refractivity contribution in [1.82, 2.24) is 10.2 Å². The summed E-state index contributed by atoms with van der Waals surface area (Å²) in [6.07, 6.45) is 7.24. The summed E-state index contributed by atoms with van der Waals surface area (Å²) in [7, 11) is 1.82. The second-order valence-corrected chi connectivity index (χ2v) is 6.87. The molecule has 0 amide bonds. The fourth-order valence-corrected chi connectivity index (χ4v) is 3.62. The molecule has 0 spiro atoms. The van der Waals surface area contributed by atoms with Gasteiger partial charge in [-0.1, -0.05) is 23.8 Å². The van der Waals surface area contributed by atoms with E-state index in [9.17, 15) is 4.39 Å². The number of nitrogens with one attached hydrogen (secondary N) is 1. The highest BCUT2D eigenvalue weighted by atomic mass is 19.1. The number of hydrogen-bond donors (Lipinski definition) is 1. The van der Waals surface area contributed by atoms with Gasteiger partial charge in [0.2, 0.25) is 0 Å². The SMILES string of the molecule is CN=C(NCCC1=CCCC1)N1CC(C)OC(c2ccc(F)cc2)C1. The van der Waals surface area contributed by atoms with Crippen molar-refractivity contribution < 1.29 is 9.13 Å². The molecule has 0 bridgehead atoms. The maximum Gasteiger partial charge on any atom is 0.193 e. The lowest BCUT2D eigenvalue weighted by molar-refractivity contribution is -0.0604. The Balaban J connectivity index is 1.59. The zero-order valence-electron chi connectivity index (χ0n) is 15.2. The van der Waals surface area contributed by atoms with Crippen LogP contribution in [-0.4, -0.2) is 43.6 Å². The summed E-state index contributed by atoms with van der Waals surface area (Å²) in [5.74, 6) is 0.698. The molecule has 0 radical (unpaired) electrons.